The van der Waals surface area contributed by atoms with Crippen molar-refractivity contribution in [3.63, 3.8) is 0 Å². The minimum Gasteiger partial charge on any atom is -0.346 e. The average Bonchev–Trinajstić information content (AvgIpc) is 2.64. The van der Waals surface area contributed by atoms with Gasteiger partial charge >= 0.3 is 5.69 Å². The molecule has 0 aliphatic heterocycles. The van der Waals surface area contributed by atoms with Gasteiger partial charge in [-0.1, -0.05) is 0 Å². The lowest BCUT2D eigenvalue weighted by Gasteiger charge is -2.28. The summed E-state index contributed by atoms with van der Waals surface area (Å²) in [5.41, 5.74) is -4.92. The number of halogens is 4. The van der Waals surface area contributed by atoms with Crippen LogP contribution in [0.3, 0.4) is 0 Å². The van der Waals surface area contributed by atoms with E-state index in [2.05, 4.69) is 15.3 Å². The molecule has 11 heteroatoms. The summed E-state index contributed by atoms with van der Waals surface area (Å²) in [7, 11) is 0. The predicted octanol–water partition coefficient (Wildman–Crippen LogP) is 2.67. The Morgan fingerprint density at radius 2 is 1.84 bits per heavy atom. The number of nitrogens with zero attached hydrogens (tertiary/aromatic N) is 2. The molecule has 1 amide bonds. The summed E-state index contributed by atoms with van der Waals surface area (Å²) in [6.45, 7) is 3.26. The highest BCUT2D eigenvalue weighted by Gasteiger charge is 2.40. The molecule has 0 unspecified atom stereocenters. The number of amides is 1. The largest absolute Gasteiger partial charge is 0.346 e. The molecule has 0 radical (unpaired) electrons. The van der Waals surface area contributed by atoms with Gasteiger partial charge in [-0.15, -0.1) is 0 Å². The van der Waals surface area contributed by atoms with Gasteiger partial charge in [0.2, 0.25) is 5.91 Å². The van der Waals surface area contributed by atoms with Gasteiger partial charge in [0.25, 0.3) is 5.56 Å². The van der Waals surface area contributed by atoms with Crippen LogP contribution in [0.4, 0.5) is 17.6 Å². The number of nitrogens with one attached hydrogen (secondary N) is 2. The third-order valence-electron chi connectivity index (χ3n) is 4.65. The van der Waals surface area contributed by atoms with Crippen molar-refractivity contribution in [2.45, 2.75) is 38.5 Å². The summed E-state index contributed by atoms with van der Waals surface area (Å²) >= 11 is 0. The Bertz CT molecular complexity index is 1280. The third-order valence-corrected chi connectivity index (χ3v) is 4.65. The molecule has 31 heavy (non-hydrogen) atoms. The second-order valence-electron chi connectivity index (χ2n) is 7.51. The molecule has 2 atom stereocenters. The van der Waals surface area contributed by atoms with Crippen LogP contribution in [0.5, 0.6) is 0 Å². The van der Waals surface area contributed by atoms with E-state index in [4.69, 9.17) is 0 Å². The van der Waals surface area contributed by atoms with Crippen molar-refractivity contribution < 1.29 is 22.4 Å². The Labute approximate surface area is 172 Å². The third kappa shape index (κ3) is 4.35. The number of carbonyl (C=O) groups excluding carboxylic acids is 1. The maximum Gasteiger partial charge on any atom is 0.329 e. The summed E-state index contributed by atoms with van der Waals surface area (Å²) < 4.78 is 56.0. The van der Waals surface area contributed by atoms with Crippen LogP contribution in [-0.2, 0) is 4.79 Å². The molecule has 2 aromatic heterocycles. The van der Waals surface area contributed by atoms with Crippen molar-refractivity contribution in [2.75, 3.05) is 0 Å². The number of fused-ring (bicyclic) bond motifs is 1. The molecular weight excluding hydrogens is 420 g/mol. The van der Waals surface area contributed by atoms with Gasteiger partial charge in [0.15, 0.2) is 6.04 Å². The molecule has 0 saturated carbocycles. The van der Waals surface area contributed by atoms with E-state index < -0.39 is 52.4 Å². The van der Waals surface area contributed by atoms with Crippen molar-refractivity contribution in [1.82, 2.24) is 19.9 Å². The van der Waals surface area contributed by atoms with Gasteiger partial charge in [-0.25, -0.2) is 26.9 Å². The Hall–Kier alpha value is -3.50. The maximum absolute atomic E-state index is 15.0. The molecule has 0 saturated heterocycles. The number of benzene rings is 1. The van der Waals surface area contributed by atoms with Crippen LogP contribution < -0.4 is 16.6 Å². The van der Waals surface area contributed by atoms with Gasteiger partial charge in [-0.05, 0) is 39.0 Å². The number of pyridine rings is 1. The van der Waals surface area contributed by atoms with Crippen molar-refractivity contribution in [2.24, 2.45) is 0 Å². The SMILES string of the molecule is C[C@H](NC(=O)[C@@H](n1c(=O)[nH]c2ccc(F)cc2c1=O)C(C)(C)F)c1ncc(F)cc1F. The number of H-pyrrole nitrogens is 1. The minimum atomic E-state index is -2.43. The number of carbonyl (C=O) groups is 1. The molecule has 1 aromatic carbocycles. The van der Waals surface area contributed by atoms with E-state index in [1.54, 1.807) is 0 Å². The number of alkyl halides is 1. The lowest BCUT2D eigenvalue weighted by Crippen LogP contribution is -2.51. The molecular formula is C20H18F4N4O3. The topological polar surface area (TPSA) is 96.9 Å². The first kappa shape index (κ1) is 22.2. The van der Waals surface area contributed by atoms with Crippen LogP contribution >= 0.6 is 0 Å². The first-order valence-corrected chi connectivity index (χ1v) is 9.14. The molecule has 0 fully saturated rings. The molecule has 2 heterocycles. The fourth-order valence-electron chi connectivity index (χ4n) is 3.27. The van der Waals surface area contributed by atoms with Crippen molar-refractivity contribution in [3.05, 3.63) is 74.4 Å². The van der Waals surface area contributed by atoms with E-state index in [1.807, 2.05) is 0 Å². The Morgan fingerprint density at radius 3 is 2.45 bits per heavy atom. The molecule has 7 nitrogen and oxygen atoms in total. The molecule has 0 aliphatic rings. The quantitative estimate of drug-likeness (QED) is 0.599. The maximum atomic E-state index is 15.0. The van der Waals surface area contributed by atoms with Gasteiger partial charge < -0.3 is 10.3 Å². The number of hydrogen-bond donors (Lipinski definition) is 2. The van der Waals surface area contributed by atoms with E-state index in [9.17, 15) is 27.6 Å². The van der Waals surface area contributed by atoms with Crippen LogP contribution in [0.25, 0.3) is 10.9 Å². The van der Waals surface area contributed by atoms with Crippen LogP contribution in [-0.4, -0.2) is 26.1 Å². The zero-order valence-electron chi connectivity index (χ0n) is 16.7. The van der Waals surface area contributed by atoms with E-state index in [1.165, 1.54) is 13.0 Å². The summed E-state index contributed by atoms with van der Waals surface area (Å²) in [6.07, 6.45) is 0.741. The number of rotatable bonds is 5. The van der Waals surface area contributed by atoms with E-state index in [-0.39, 0.29) is 16.6 Å². The average molecular weight is 438 g/mol. The summed E-state index contributed by atoms with van der Waals surface area (Å²) in [5, 5.41) is 2.02. The Morgan fingerprint density at radius 1 is 1.16 bits per heavy atom. The van der Waals surface area contributed by atoms with Crippen LogP contribution in [0, 0.1) is 17.5 Å². The first-order valence-electron chi connectivity index (χ1n) is 9.14. The highest BCUT2D eigenvalue weighted by Crippen LogP contribution is 2.26. The normalized spacial score (nSPS) is 13.8. The fourth-order valence-corrected chi connectivity index (χ4v) is 3.27. The van der Waals surface area contributed by atoms with Crippen LogP contribution in [0.2, 0.25) is 0 Å². The lowest BCUT2D eigenvalue weighted by molar-refractivity contribution is -0.129. The van der Waals surface area contributed by atoms with E-state index >= 15 is 4.39 Å². The highest BCUT2D eigenvalue weighted by atomic mass is 19.1. The van der Waals surface area contributed by atoms with Gasteiger partial charge in [-0.2, -0.15) is 0 Å². The van der Waals surface area contributed by atoms with Gasteiger partial charge in [0.1, 0.15) is 23.1 Å². The van der Waals surface area contributed by atoms with Gasteiger partial charge in [0, 0.05) is 6.07 Å². The summed E-state index contributed by atoms with van der Waals surface area (Å²) in [6, 6.07) is 0.475. The smallest absolute Gasteiger partial charge is 0.329 e. The molecule has 0 spiro atoms. The second-order valence-corrected chi connectivity index (χ2v) is 7.51. The molecule has 164 valence electrons. The van der Waals surface area contributed by atoms with Crippen LogP contribution in [0.15, 0.2) is 40.1 Å². The molecule has 0 aliphatic carbocycles. The monoisotopic (exact) mass is 438 g/mol. The van der Waals surface area contributed by atoms with E-state index in [0.717, 1.165) is 32.2 Å². The van der Waals surface area contributed by atoms with Gasteiger partial charge in [-0.3, -0.25) is 14.6 Å². The minimum absolute atomic E-state index is 0.00873. The van der Waals surface area contributed by atoms with Crippen molar-refractivity contribution >= 4 is 16.8 Å². The van der Waals surface area contributed by atoms with Crippen molar-refractivity contribution in [3.8, 4) is 0 Å². The second kappa shape index (κ2) is 7.97. The predicted molar refractivity (Wildman–Crippen MR) is 104 cm³/mol. The standard InChI is InChI=1S/C20H18F4N4O3/c1-9(15-13(23)7-11(22)8-25-15)26-17(29)16(20(2,3)24)28-18(30)12-6-10(21)4-5-14(12)27-19(28)31/h4-9,16H,1-3H3,(H,26,29)(H,27,31)/t9-,16+/m0/s1. The zero-order chi connectivity index (χ0) is 23.1. The van der Waals surface area contributed by atoms with Crippen LogP contribution in [0.1, 0.15) is 38.5 Å². The van der Waals surface area contributed by atoms with E-state index in [0.29, 0.717) is 10.6 Å². The molecule has 2 N–H and O–H groups in total. The molecule has 0 bridgehead atoms. The van der Waals surface area contributed by atoms with Crippen molar-refractivity contribution in [1.29, 1.82) is 0 Å². The Kier molecular flexibility index (Phi) is 5.70. The number of aromatic amines is 1. The zero-order valence-corrected chi connectivity index (χ0v) is 16.7. The lowest BCUT2D eigenvalue weighted by atomic mass is 9.98. The summed E-state index contributed by atoms with van der Waals surface area (Å²) in [5.74, 6) is -3.87. The summed E-state index contributed by atoms with van der Waals surface area (Å²) in [4.78, 5) is 44.2. The molecule has 3 rings (SSSR count). The number of aromatic nitrogens is 3. The molecule has 3 aromatic rings. The fraction of sp³-hybridized carbons (Fsp3) is 0.300. The first-order chi connectivity index (χ1) is 14.4. The number of hydrogen-bond acceptors (Lipinski definition) is 4. The Balaban J connectivity index is 2.08. The van der Waals surface area contributed by atoms with Gasteiger partial charge in [0.05, 0.1) is 28.8 Å². The highest BCUT2D eigenvalue weighted by molar-refractivity contribution is 5.83.